The molecule has 156 valence electrons. The van der Waals surface area contributed by atoms with Crippen LogP contribution >= 0.6 is 51.5 Å². The van der Waals surface area contributed by atoms with Crippen molar-refractivity contribution in [1.82, 2.24) is 0 Å². The summed E-state index contributed by atoms with van der Waals surface area (Å²) >= 11 is 15.7. The summed E-state index contributed by atoms with van der Waals surface area (Å²) in [4.78, 5) is 26.2. The van der Waals surface area contributed by atoms with E-state index in [1.54, 1.807) is 31.2 Å². The molecule has 0 aliphatic carbocycles. The number of thiocarbonyl (C=S) groups is 1. The zero-order chi connectivity index (χ0) is 21.8. The molecule has 1 aliphatic heterocycles. The Labute approximate surface area is 195 Å². The molecule has 0 radical (unpaired) electrons. The third kappa shape index (κ3) is 5.21. The van der Waals surface area contributed by atoms with E-state index < -0.39 is 11.8 Å². The van der Waals surface area contributed by atoms with E-state index in [0.717, 1.165) is 16.2 Å². The van der Waals surface area contributed by atoms with Crippen molar-refractivity contribution in [1.29, 1.82) is 0 Å². The molecule has 0 unspecified atom stereocenters. The molecule has 0 bridgehead atoms. The van der Waals surface area contributed by atoms with E-state index in [2.05, 4.69) is 15.9 Å². The summed E-state index contributed by atoms with van der Waals surface area (Å²) in [6, 6.07) is 9.13. The number of thioether (sulfide) groups is 1. The van der Waals surface area contributed by atoms with Gasteiger partial charge in [0.25, 0.3) is 5.91 Å². The summed E-state index contributed by atoms with van der Waals surface area (Å²) in [5.74, 6) is -1.05. The molecule has 3 rings (SSSR count). The van der Waals surface area contributed by atoms with E-state index in [1.807, 2.05) is 0 Å². The first-order valence-corrected chi connectivity index (χ1v) is 11.0. The number of amides is 1. The van der Waals surface area contributed by atoms with E-state index in [9.17, 15) is 14.0 Å². The van der Waals surface area contributed by atoms with E-state index in [-0.39, 0.29) is 28.5 Å². The summed E-state index contributed by atoms with van der Waals surface area (Å²) in [5, 5.41) is -0.104. The van der Waals surface area contributed by atoms with Crippen molar-refractivity contribution < 1.29 is 23.5 Å². The van der Waals surface area contributed by atoms with Gasteiger partial charge in [-0.2, -0.15) is 0 Å². The highest BCUT2D eigenvalue weighted by Gasteiger charge is 2.33. The number of hydrogen-bond acceptors (Lipinski definition) is 6. The quantitative estimate of drug-likeness (QED) is 0.276. The first kappa shape index (κ1) is 22.7. The molecule has 5 nitrogen and oxygen atoms in total. The number of hydrogen-bond donors (Lipinski definition) is 0. The van der Waals surface area contributed by atoms with Crippen LogP contribution in [-0.2, 0) is 14.3 Å². The molecule has 2 aromatic carbocycles. The Morgan fingerprint density at radius 2 is 2.10 bits per heavy atom. The molecular weight excluding hydrogens is 517 g/mol. The third-order valence-corrected chi connectivity index (χ3v) is 5.95. The first-order valence-electron chi connectivity index (χ1n) is 8.61. The molecule has 1 heterocycles. The second kappa shape index (κ2) is 9.91. The zero-order valence-electron chi connectivity index (χ0n) is 15.5. The minimum atomic E-state index is -0.584. The number of anilines is 1. The maximum atomic E-state index is 13.5. The number of halogens is 3. The maximum absolute atomic E-state index is 13.5. The average molecular weight is 531 g/mol. The van der Waals surface area contributed by atoms with Gasteiger partial charge in [-0.25, -0.2) is 9.18 Å². The smallest absolute Gasteiger partial charge is 0.344 e. The number of carbonyl (C=O) groups excluding carboxylic acids is 2. The first-order chi connectivity index (χ1) is 14.3. The molecule has 0 atom stereocenters. The Bertz CT molecular complexity index is 1060. The van der Waals surface area contributed by atoms with Gasteiger partial charge in [-0.3, -0.25) is 9.69 Å². The van der Waals surface area contributed by atoms with Crippen LogP contribution in [-0.4, -0.2) is 29.4 Å². The van der Waals surface area contributed by atoms with Crippen molar-refractivity contribution in [3.8, 4) is 5.75 Å². The molecule has 1 amide bonds. The van der Waals surface area contributed by atoms with Crippen molar-refractivity contribution in [3.05, 3.63) is 62.2 Å². The SMILES string of the molecule is CCOC(=O)COc1ccc(Br)cc1/C=C1/SC(=S)N(c2ccc(F)c(Cl)c2)C1=O. The van der Waals surface area contributed by atoms with E-state index in [4.69, 9.17) is 33.3 Å². The lowest BCUT2D eigenvalue weighted by molar-refractivity contribution is -0.145. The largest absolute Gasteiger partial charge is 0.481 e. The number of rotatable bonds is 6. The molecular formula is C20H14BrClFNO4S2. The minimum Gasteiger partial charge on any atom is -0.481 e. The van der Waals surface area contributed by atoms with Crippen LogP contribution in [0, 0.1) is 5.82 Å². The van der Waals surface area contributed by atoms with Crippen LogP contribution in [0.15, 0.2) is 45.8 Å². The van der Waals surface area contributed by atoms with Crippen LogP contribution in [0.1, 0.15) is 12.5 Å². The predicted octanol–water partition coefficient (Wildman–Crippen LogP) is 5.59. The van der Waals surface area contributed by atoms with Crippen molar-refractivity contribution in [2.24, 2.45) is 0 Å². The predicted molar refractivity (Wildman–Crippen MR) is 123 cm³/mol. The highest BCUT2D eigenvalue weighted by atomic mass is 79.9. The lowest BCUT2D eigenvalue weighted by Gasteiger charge is -2.15. The summed E-state index contributed by atoms with van der Waals surface area (Å²) in [5.41, 5.74) is 0.951. The molecule has 30 heavy (non-hydrogen) atoms. The Morgan fingerprint density at radius 1 is 1.33 bits per heavy atom. The van der Waals surface area contributed by atoms with Crippen molar-refractivity contribution in [3.63, 3.8) is 0 Å². The number of benzene rings is 2. The number of nitrogens with zero attached hydrogens (tertiary/aromatic N) is 1. The molecule has 0 spiro atoms. The molecule has 1 aliphatic rings. The van der Waals surface area contributed by atoms with Gasteiger partial charge in [0.1, 0.15) is 11.6 Å². The number of esters is 1. The van der Waals surface area contributed by atoms with Crippen LogP contribution in [0.3, 0.4) is 0 Å². The standard InChI is InChI=1S/C20H14BrClFNO4S2/c1-2-27-18(25)10-28-16-6-3-12(21)7-11(16)8-17-19(26)24(20(29)30-17)13-4-5-15(23)14(22)9-13/h3-9H,2,10H2,1H3/b17-8+. The molecule has 1 saturated heterocycles. The van der Waals surface area contributed by atoms with Crippen LogP contribution in [0.2, 0.25) is 5.02 Å². The fourth-order valence-corrected chi connectivity index (χ4v) is 4.40. The van der Waals surface area contributed by atoms with Gasteiger partial charge < -0.3 is 9.47 Å². The van der Waals surface area contributed by atoms with Crippen LogP contribution in [0.4, 0.5) is 10.1 Å². The monoisotopic (exact) mass is 529 g/mol. The minimum absolute atomic E-state index is 0.104. The maximum Gasteiger partial charge on any atom is 0.344 e. The number of carbonyl (C=O) groups is 2. The highest BCUT2D eigenvalue weighted by Crippen LogP contribution is 2.38. The summed E-state index contributed by atoms with van der Waals surface area (Å²) in [7, 11) is 0. The van der Waals surface area contributed by atoms with Crippen molar-refractivity contribution in [2.45, 2.75) is 6.92 Å². The Balaban J connectivity index is 1.88. The van der Waals surface area contributed by atoms with Gasteiger partial charge in [0, 0.05) is 10.0 Å². The van der Waals surface area contributed by atoms with E-state index >= 15 is 0 Å². The second-order valence-electron chi connectivity index (χ2n) is 5.89. The van der Waals surface area contributed by atoms with Gasteiger partial charge in [-0.1, -0.05) is 51.5 Å². The molecule has 2 aromatic rings. The summed E-state index contributed by atoms with van der Waals surface area (Å²) in [6.45, 7) is 1.70. The van der Waals surface area contributed by atoms with Gasteiger partial charge in [0.2, 0.25) is 0 Å². The molecule has 0 saturated carbocycles. The van der Waals surface area contributed by atoms with E-state index in [0.29, 0.717) is 21.9 Å². The Morgan fingerprint density at radius 3 is 2.80 bits per heavy atom. The van der Waals surface area contributed by atoms with Crippen LogP contribution in [0.5, 0.6) is 5.75 Å². The molecule has 0 aromatic heterocycles. The van der Waals surface area contributed by atoms with Crippen LogP contribution < -0.4 is 9.64 Å². The second-order valence-corrected chi connectivity index (χ2v) is 8.89. The summed E-state index contributed by atoms with van der Waals surface area (Å²) < 4.78 is 24.9. The van der Waals surface area contributed by atoms with Crippen molar-refractivity contribution in [2.75, 3.05) is 18.1 Å². The molecule has 1 fully saturated rings. The lowest BCUT2D eigenvalue weighted by atomic mass is 10.2. The fraction of sp³-hybridized carbons (Fsp3) is 0.150. The van der Waals surface area contributed by atoms with Gasteiger partial charge >= 0.3 is 5.97 Å². The zero-order valence-corrected chi connectivity index (χ0v) is 19.5. The molecule has 10 heteroatoms. The van der Waals surface area contributed by atoms with Crippen LogP contribution in [0.25, 0.3) is 6.08 Å². The van der Waals surface area contributed by atoms with Gasteiger partial charge in [-0.15, -0.1) is 0 Å². The Kier molecular flexibility index (Phi) is 7.51. The molecule has 0 N–H and O–H groups in total. The fourth-order valence-electron chi connectivity index (χ4n) is 2.56. The average Bonchev–Trinajstić information content (AvgIpc) is 2.97. The highest BCUT2D eigenvalue weighted by molar-refractivity contribution is 9.10. The van der Waals surface area contributed by atoms with Gasteiger partial charge in [0.15, 0.2) is 10.9 Å². The topological polar surface area (TPSA) is 55.8 Å². The Hall–Kier alpha value is -1.94. The van der Waals surface area contributed by atoms with Gasteiger partial charge in [0.05, 0.1) is 22.2 Å². The van der Waals surface area contributed by atoms with E-state index in [1.165, 1.54) is 23.1 Å². The van der Waals surface area contributed by atoms with Crippen molar-refractivity contribution >= 4 is 79.5 Å². The third-order valence-electron chi connectivity index (χ3n) is 3.86. The normalized spacial score (nSPS) is 15.1. The number of ether oxygens (including phenoxy) is 2. The lowest BCUT2D eigenvalue weighted by Crippen LogP contribution is -2.27. The summed E-state index contributed by atoms with van der Waals surface area (Å²) in [6.07, 6.45) is 1.62. The van der Waals surface area contributed by atoms with Gasteiger partial charge in [-0.05, 0) is 49.4 Å².